The van der Waals surface area contributed by atoms with Gasteiger partial charge in [0.15, 0.2) is 0 Å². The summed E-state index contributed by atoms with van der Waals surface area (Å²) >= 11 is 1.63. The molecule has 3 nitrogen and oxygen atoms in total. The molecule has 2 aromatic rings. The van der Waals surface area contributed by atoms with Crippen molar-refractivity contribution in [2.24, 2.45) is 5.10 Å². The Labute approximate surface area is 112 Å². The van der Waals surface area contributed by atoms with Gasteiger partial charge in [0.1, 0.15) is 0 Å². The Morgan fingerprint density at radius 2 is 2.06 bits per heavy atom. The van der Waals surface area contributed by atoms with Gasteiger partial charge in [-0.25, -0.2) is 4.98 Å². The smallest absolute Gasteiger partial charge is 0.204 e. The molecule has 0 saturated carbocycles. The SMILES string of the molecule is CC/C(C)=N\Nc1nc(-c2ccccc2)c(C)s1. The van der Waals surface area contributed by atoms with Gasteiger partial charge in [-0.3, -0.25) is 5.43 Å². The topological polar surface area (TPSA) is 37.3 Å². The van der Waals surface area contributed by atoms with Gasteiger partial charge in [-0.1, -0.05) is 37.3 Å². The molecule has 18 heavy (non-hydrogen) atoms. The van der Waals surface area contributed by atoms with Crippen LogP contribution in [0.1, 0.15) is 25.1 Å². The minimum Gasteiger partial charge on any atom is -0.253 e. The summed E-state index contributed by atoms with van der Waals surface area (Å²) in [6, 6.07) is 10.2. The Bertz CT molecular complexity index is 543. The Morgan fingerprint density at radius 1 is 1.33 bits per heavy atom. The first kappa shape index (κ1) is 12.8. The number of nitrogens with zero attached hydrogens (tertiary/aromatic N) is 2. The second-order valence-corrected chi connectivity index (χ2v) is 5.31. The Kier molecular flexibility index (Phi) is 4.10. The number of aryl methyl sites for hydroxylation is 1. The molecule has 0 atom stereocenters. The third kappa shape index (κ3) is 2.96. The molecule has 0 aliphatic heterocycles. The van der Waals surface area contributed by atoms with E-state index in [2.05, 4.69) is 41.5 Å². The molecule has 2 rings (SSSR count). The maximum atomic E-state index is 4.59. The number of benzene rings is 1. The van der Waals surface area contributed by atoms with Gasteiger partial charge in [0.25, 0.3) is 0 Å². The summed E-state index contributed by atoms with van der Waals surface area (Å²) in [4.78, 5) is 5.79. The van der Waals surface area contributed by atoms with Crippen LogP contribution in [0.25, 0.3) is 11.3 Å². The minimum atomic E-state index is 0.846. The maximum Gasteiger partial charge on any atom is 0.204 e. The largest absolute Gasteiger partial charge is 0.253 e. The number of anilines is 1. The van der Waals surface area contributed by atoms with E-state index in [0.717, 1.165) is 28.5 Å². The average Bonchev–Trinajstić information content (AvgIpc) is 2.78. The van der Waals surface area contributed by atoms with Crippen LogP contribution in [-0.4, -0.2) is 10.7 Å². The van der Waals surface area contributed by atoms with Crippen LogP contribution in [0.3, 0.4) is 0 Å². The van der Waals surface area contributed by atoms with Crippen LogP contribution < -0.4 is 5.43 Å². The molecular formula is C14H17N3S. The normalized spacial score (nSPS) is 11.6. The maximum absolute atomic E-state index is 4.59. The summed E-state index contributed by atoms with van der Waals surface area (Å²) in [5.74, 6) is 0. The predicted octanol–water partition coefficient (Wildman–Crippen LogP) is 4.32. The van der Waals surface area contributed by atoms with Gasteiger partial charge in [-0.2, -0.15) is 5.10 Å². The summed E-state index contributed by atoms with van der Waals surface area (Å²) in [5.41, 5.74) is 6.28. The first-order chi connectivity index (χ1) is 8.70. The molecular weight excluding hydrogens is 242 g/mol. The van der Waals surface area contributed by atoms with E-state index in [0.29, 0.717) is 0 Å². The van der Waals surface area contributed by atoms with Gasteiger partial charge >= 0.3 is 0 Å². The van der Waals surface area contributed by atoms with E-state index in [9.17, 15) is 0 Å². The highest BCUT2D eigenvalue weighted by atomic mass is 32.1. The van der Waals surface area contributed by atoms with Crippen molar-refractivity contribution in [3.63, 3.8) is 0 Å². The lowest BCUT2D eigenvalue weighted by atomic mass is 10.1. The van der Waals surface area contributed by atoms with E-state index in [1.165, 1.54) is 4.88 Å². The van der Waals surface area contributed by atoms with Gasteiger partial charge in [0.05, 0.1) is 5.69 Å². The van der Waals surface area contributed by atoms with Crippen molar-refractivity contribution in [1.29, 1.82) is 0 Å². The highest BCUT2D eigenvalue weighted by molar-refractivity contribution is 7.15. The van der Waals surface area contributed by atoms with E-state index in [1.54, 1.807) is 11.3 Å². The zero-order chi connectivity index (χ0) is 13.0. The zero-order valence-electron chi connectivity index (χ0n) is 10.9. The number of thiazole rings is 1. The fourth-order valence-corrected chi connectivity index (χ4v) is 2.31. The summed E-state index contributed by atoms with van der Waals surface area (Å²) in [6.07, 6.45) is 0.947. The minimum absolute atomic E-state index is 0.846. The number of hydrogen-bond donors (Lipinski definition) is 1. The van der Waals surface area contributed by atoms with Crippen molar-refractivity contribution in [2.45, 2.75) is 27.2 Å². The van der Waals surface area contributed by atoms with Crippen molar-refractivity contribution in [2.75, 3.05) is 5.43 Å². The zero-order valence-corrected chi connectivity index (χ0v) is 11.7. The van der Waals surface area contributed by atoms with E-state index >= 15 is 0 Å². The summed E-state index contributed by atoms with van der Waals surface area (Å²) < 4.78 is 0. The standard InChI is InChI=1S/C14H17N3S/c1-4-10(2)16-17-14-15-13(11(3)18-14)12-8-6-5-7-9-12/h5-9H,4H2,1-3H3,(H,15,17)/b16-10-. The molecule has 0 aliphatic carbocycles. The van der Waals surface area contributed by atoms with Crippen LogP contribution in [0.2, 0.25) is 0 Å². The molecule has 0 unspecified atom stereocenters. The number of aromatic nitrogens is 1. The van der Waals surface area contributed by atoms with Crippen molar-refractivity contribution in [3.05, 3.63) is 35.2 Å². The number of hydrazone groups is 1. The third-order valence-electron chi connectivity index (χ3n) is 2.70. The van der Waals surface area contributed by atoms with Gasteiger partial charge in [-0.15, -0.1) is 11.3 Å². The molecule has 0 aliphatic rings. The molecule has 1 aromatic carbocycles. The Hall–Kier alpha value is -1.68. The number of nitrogens with one attached hydrogen (secondary N) is 1. The number of hydrogen-bond acceptors (Lipinski definition) is 4. The van der Waals surface area contributed by atoms with Crippen LogP contribution in [0.15, 0.2) is 35.4 Å². The van der Waals surface area contributed by atoms with Crippen LogP contribution in [0, 0.1) is 6.92 Å². The second kappa shape index (κ2) is 5.78. The average molecular weight is 259 g/mol. The van der Waals surface area contributed by atoms with Crippen LogP contribution in [0.5, 0.6) is 0 Å². The van der Waals surface area contributed by atoms with Gasteiger partial charge in [-0.05, 0) is 20.3 Å². The molecule has 4 heteroatoms. The first-order valence-electron chi connectivity index (χ1n) is 6.02. The Balaban J connectivity index is 2.23. The van der Waals surface area contributed by atoms with Crippen molar-refractivity contribution in [1.82, 2.24) is 4.98 Å². The molecule has 0 radical (unpaired) electrons. The molecule has 0 amide bonds. The van der Waals surface area contributed by atoms with Crippen LogP contribution in [-0.2, 0) is 0 Å². The highest BCUT2D eigenvalue weighted by Gasteiger charge is 2.08. The van der Waals surface area contributed by atoms with Gasteiger partial charge in [0.2, 0.25) is 5.13 Å². The second-order valence-electron chi connectivity index (χ2n) is 4.10. The number of rotatable bonds is 4. The van der Waals surface area contributed by atoms with Gasteiger partial charge < -0.3 is 0 Å². The van der Waals surface area contributed by atoms with Crippen molar-refractivity contribution >= 4 is 22.2 Å². The molecule has 0 spiro atoms. The van der Waals surface area contributed by atoms with E-state index in [-0.39, 0.29) is 0 Å². The third-order valence-corrected chi connectivity index (χ3v) is 3.57. The summed E-state index contributed by atoms with van der Waals surface area (Å²) in [5, 5.41) is 5.12. The van der Waals surface area contributed by atoms with Crippen LogP contribution >= 0.6 is 11.3 Å². The monoisotopic (exact) mass is 259 g/mol. The molecule has 0 fully saturated rings. The van der Waals surface area contributed by atoms with E-state index < -0.39 is 0 Å². The summed E-state index contributed by atoms with van der Waals surface area (Å²) in [6.45, 7) is 6.18. The summed E-state index contributed by atoms with van der Waals surface area (Å²) in [7, 11) is 0. The van der Waals surface area contributed by atoms with Gasteiger partial charge in [0, 0.05) is 16.2 Å². The predicted molar refractivity (Wildman–Crippen MR) is 79.3 cm³/mol. The molecule has 0 saturated heterocycles. The highest BCUT2D eigenvalue weighted by Crippen LogP contribution is 2.30. The van der Waals surface area contributed by atoms with Crippen molar-refractivity contribution in [3.8, 4) is 11.3 Å². The quantitative estimate of drug-likeness (QED) is 0.656. The van der Waals surface area contributed by atoms with Crippen molar-refractivity contribution < 1.29 is 0 Å². The Morgan fingerprint density at radius 3 is 2.72 bits per heavy atom. The molecule has 1 N–H and O–H groups in total. The lowest BCUT2D eigenvalue weighted by molar-refractivity contribution is 1.20. The molecule has 0 bridgehead atoms. The molecule has 1 heterocycles. The van der Waals surface area contributed by atoms with E-state index in [4.69, 9.17) is 0 Å². The first-order valence-corrected chi connectivity index (χ1v) is 6.84. The van der Waals surface area contributed by atoms with Crippen LogP contribution in [0.4, 0.5) is 5.13 Å². The van der Waals surface area contributed by atoms with E-state index in [1.807, 2.05) is 25.1 Å². The fraction of sp³-hybridized carbons (Fsp3) is 0.286. The molecule has 94 valence electrons. The lowest BCUT2D eigenvalue weighted by Gasteiger charge is -1.97. The fourth-order valence-electron chi connectivity index (χ4n) is 1.53. The molecule has 1 aromatic heterocycles. The lowest BCUT2D eigenvalue weighted by Crippen LogP contribution is -1.95.